The number of hydrogen-bond acceptors (Lipinski definition) is 5. The van der Waals surface area contributed by atoms with Crippen LogP contribution >= 0.6 is 0 Å². The van der Waals surface area contributed by atoms with Gasteiger partial charge in [0.25, 0.3) is 0 Å². The van der Waals surface area contributed by atoms with Crippen LogP contribution in [0.3, 0.4) is 0 Å². The van der Waals surface area contributed by atoms with E-state index in [0.29, 0.717) is 11.5 Å². The van der Waals surface area contributed by atoms with E-state index in [2.05, 4.69) is 6.07 Å². The third-order valence-corrected chi connectivity index (χ3v) is 6.82. The molecule has 24 heavy (non-hydrogen) atoms. The summed E-state index contributed by atoms with van der Waals surface area (Å²) in [6.45, 7) is 2.07. The molecule has 0 N–H and O–H groups in total. The first-order valence-corrected chi connectivity index (χ1v) is 9.17. The highest BCUT2D eigenvalue weighted by Gasteiger charge is 2.59. The topological polar surface area (TPSA) is 76.4 Å². The zero-order valence-corrected chi connectivity index (χ0v) is 13.8. The lowest BCUT2D eigenvalue weighted by molar-refractivity contribution is 0.174. The number of aryl methyl sites for hydroxylation is 1. The molecular weight excluding hydrogens is 326 g/mol. The lowest BCUT2D eigenvalue weighted by Gasteiger charge is -2.05. The second-order valence-corrected chi connectivity index (χ2v) is 8.22. The highest BCUT2D eigenvalue weighted by Crippen LogP contribution is 2.54. The zero-order chi connectivity index (χ0) is 16.9. The van der Waals surface area contributed by atoms with Gasteiger partial charge in [0.05, 0.1) is 22.1 Å². The maximum atomic E-state index is 12.9. The molecule has 0 saturated heterocycles. The van der Waals surface area contributed by atoms with Crippen molar-refractivity contribution in [3.05, 3.63) is 53.6 Å². The predicted octanol–water partition coefficient (Wildman–Crippen LogP) is 2.80. The molecule has 0 spiro atoms. The predicted molar refractivity (Wildman–Crippen MR) is 86.6 cm³/mol. The molecule has 3 atom stereocenters. The average molecular weight is 341 g/mol. The van der Waals surface area contributed by atoms with E-state index in [0.717, 1.165) is 11.1 Å². The molecule has 1 heterocycles. The molecule has 122 valence electrons. The summed E-state index contributed by atoms with van der Waals surface area (Å²) in [6, 6.07) is 14.2. The smallest absolute Gasteiger partial charge is 0.231 e. The number of nitrogens with zero attached hydrogens (tertiary/aromatic N) is 1. The van der Waals surface area contributed by atoms with Gasteiger partial charge in [-0.05, 0) is 36.8 Å². The molecule has 2 aromatic carbocycles. The van der Waals surface area contributed by atoms with Gasteiger partial charge in [-0.15, -0.1) is 0 Å². The Bertz CT molecular complexity index is 944. The number of sulfone groups is 1. The maximum absolute atomic E-state index is 12.9. The van der Waals surface area contributed by atoms with Crippen LogP contribution in [0.2, 0.25) is 0 Å². The van der Waals surface area contributed by atoms with Gasteiger partial charge in [0.2, 0.25) is 6.79 Å². The van der Waals surface area contributed by atoms with Crippen molar-refractivity contribution in [2.24, 2.45) is 5.92 Å². The largest absolute Gasteiger partial charge is 0.454 e. The average Bonchev–Trinajstić information content (AvgIpc) is 3.15. The normalized spacial score (nSPS) is 24.4. The molecule has 0 amide bonds. The van der Waals surface area contributed by atoms with Crippen molar-refractivity contribution in [3.8, 4) is 17.6 Å². The minimum Gasteiger partial charge on any atom is -0.454 e. The minimum atomic E-state index is -3.55. The third kappa shape index (κ3) is 2.24. The zero-order valence-electron chi connectivity index (χ0n) is 13.0. The van der Waals surface area contributed by atoms with Gasteiger partial charge in [-0.25, -0.2) is 8.42 Å². The van der Waals surface area contributed by atoms with Gasteiger partial charge in [-0.2, -0.15) is 5.26 Å². The molecule has 1 aliphatic carbocycles. The number of nitriles is 1. The number of rotatable bonds is 3. The first kappa shape index (κ1) is 15.0. The Hall–Kier alpha value is -2.52. The van der Waals surface area contributed by atoms with E-state index in [1.165, 1.54) is 0 Å². The fourth-order valence-corrected chi connectivity index (χ4v) is 5.29. The van der Waals surface area contributed by atoms with Gasteiger partial charge in [0.15, 0.2) is 21.3 Å². The molecule has 5 nitrogen and oxygen atoms in total. The molecule has 0 unspecified atom stereocenters. The van der Waals surface area contributed by atoms with Crippen molar-refractivity contribution in [2.45, 2.75) is 23.0 Å². The summed E-state index contributed by atoms with van der Waals surface area (Å²) in [4.78, 5) is 0.265. The molecule has 1 aliphatic heterocycles. The van der Waals surface area contributed by atoms with Crippen LogP contribution in [0.4, 0.5) is 0 Å². The molecule has 2 aromatic rings. The molecular formula is C18H15NO4S. The number of benzene rings is 2. The lowest BCUT2D eigenvalue weighted by atomic mass is 10.1. The Morgan fingerprint density at radius 1 is 1.08 bits per heavy atom. The summed E-state index contributed by atoms with van der Waals surface area (Å²) >= 11 is 0. The fourth-order valence-electron chi connectivity index (χ4n) is 3.23. The Morgan fingerprint density at radius 2 is 1.79 bits per heavy atom. The summed E-state index contributed by atoms with van der Waals surface area (Å²) in [5.74, 6) is 0.362. The van der Waals surface area contributed by atoms with E-state index < -0.39 is 21.0 Å². The van der Waals surface area contributed by atoms with Crippen LogP contribution in [0.5, 0.6) is 11.5 Å². The van der Waals surface area contributed by atoms with Gasteiger partial charge in [-0.1, -0.05) is 23.8 Å². The summed E-state index contributed by atoms with van der Waals surface area (Å²) in [7, 11) is -3.55. The first-order chi connectivity index (χ1) is 11.5. The molecule has 0 bridgehead atoms. The number of hydrogen-bond donors (Lipinski definition) is 0. The van der Waals surface area contributed by atoms with Crippen molar-refractivity contribution in [2.75, 3.05) is 6.79 Å². The van der Waals surface area contributed by atoms with Gasteiger partial charge in [0, 0.05) is 5.92 Å². The van der Waals surface area contributed by atoms with Crippen molar-refractivity contribution in [1.82, 2.24) is 0 Å². The quantitative estimate of drug-likeness (QED) is 0.858. The summed E-state index contributed by atoms with van der Waals surface area (Å²) in [5.41, 5.74) is 1.79. The lowest BCUT2D eigenvalue weighted by Crippen LogP contribution is -2.10. The molecule has 4 rings (SSSR count). The number of ether oxygens (including phenoxy) is 2. The Morgan fingerprint density at radius 3 is 2.50 bits per heavy atom. The van der Waals surface area contributed by atoms with Gasteiger partial charge >= 0.3 is 0 Å². The second-order valence-electron chi connectivity index (χ2n) is 6.12. The Labute approximate surface area is 140 Å². The highest BCUT2D eigenvalue weighted by atomic mass is 32.2. The van der Waals surface area contributed by atoms with Crippen molar-refractivity contribution in [3.63, 3.8) is 0 Å². The van der Waals surface area contributed by atoms with Crippen LogP contribution < -0.4 is 9.47 Å². The van der Waals surface area contributed by atoms with Crippen LogP contribution in [0.1, 0.15) is 17.0 Å². The van der Waals surface area contributed by atoms with Crippen molar-refractivity contribution >= 4 is 9.84 Å². The van der Waals surface area contributed by atoms with Gasteiger partial charge in [0.1, 0.15) is 0 Å². The standard InChI is InChI=1S/C18H15NO4S/c1-11-2-5-13(6-3-11)24(20,21)18-14(9-19)17(18)12-4-7-15-16(8-12)23-10-22-15/h2-8,14,17-18H,10H2,1H3/t14-,17+,18+/m0/s1. The Balaban J connectivity index is 1.69. The highest BCUT2D eigenvalue weighted by molar-refractivity contribution is 7.92. The van der Waals surface area contributed by atoms with Crippen LogP contribution in [0.15, 0.2) is 47.4 Å². The second kappa shape index (κ2) is 5.25. The van der Waals surface area contributed by atoms with Crippen LogP contribution in [-0.2, 0) is 9.84 Å². The van der Waals surface area contributed by atoms with E-state index in [9.17, 15) is 13.7 Å². The van der Waals surface area contributed by atoms with Crippen LogP contribution in [0, 0.1) is 24.2 Å². The minimum absolute atomic E-state index is 0.163. The van der Waals surface area contributed by atoms with Crippen molar-refractivity contribution in [1.29, 1.82) is 5.26 Å². The number of fused-ring (bicyclic) bond motifs is 1. The monoisotopic (exact) mass is 341 g/mol. The van der Waals surface area contributed by atoms with E-state index in [4.69, 9.17) is 9.47 Å². The van der Waals surface area contributed by atoms with E-state index in [1.807, 2.05) is 13.0 Å². The maximum Gasteiger partial charge on any atom is 0.231 e. The molecule has 1 fully saturated rings. The van der Waals surface area contributed by atoms with Gasteiger partial charge < -0.3 is 9.47 Å². The van der Waals surface area contributed by atoms with Gasteiger partial charge in [-0.3, -0.25) is 0 Å². The summed E-state index contributed by atoms with van der Waals surface area (Å²) < 4.78 is 36.4. The van der Waals surface area contributed by atoms with Crippen LogP contribution in [-0.4, -0.2) is 20.5 Å². The summed E-state index contributed by atoms with van der Waals surface area (Å²) in [5, 5.41) is 8.67. The Kier molecular flexibility index (Phi) is 3.29. The van der Waals surface area contributed by atoms with Crippen LogP contribution in [0.25, 0.3) is 0 Å². The molecule has 6 heteroatoms. The molecule has 0 radical (unpaired) electrons. The summed E-state index contributed by atoms with van der Waals surface area (Å²) in [6.07, 6.45) is 0. The van der Waals surface area contributed by atoms with Crippen molar-refractivity contribution < 1.29 is 17.9 Å². The SMILES string of the molecule is Cc1ccc(S(=O)(=O)[C@@H]2[C@@H](C#N)[C@H]2c2ccc3c(c2)OCO3)cc1. The molecule has 2 aliphatic rings. The van der Waals surface area contributed by atoms with E-state index in [1.54, 1.807) is 36.4 Å². The molecule has 1 saturated carbocycles. The van der Waals surface area contributed by atoms with E-state index >= 15 is 0 Å². The molecule has 0 aromatic heterocycles. The van der Waals surface area contributed by atoms with E-state index in [-0.39, 0.29) is 17.6 Å². The third-order valence-electron chi connectivity index (χ3n) is 4.59. The fraction of sp³-hybridized carbons (Fsp3) is 0.278. The first-order valence-electron chi connectivity index (χ1n) is 7.62.